The molecule has 0 aromatic rings. The first-order chi connectivity index (χ1) is 6.60. The molecule has 0 radical (unpaired) electrons. The molecule has 0 aliphatic carbocycles. The summed E-state index contributed by atoms with van der Waals surface area (Å²) in [5.74, 6) is 8.35. The fraction of sp³-hybridized carbons (Fsp3) is 0.400. The Labute approximate surface area is 78.5 Å². The van der Waals surface area contributed by atoms with Crippen molar-refractivity contribution in [3.8, 4) is 0 Å². The first-order valence-electron chi connectivity index (χ1n) is 3.68. The first kappa shape index (κ1) is 10.2. The number of hydrogen-bond donors (Lipinski definition) is 6. The van der Waals surface area contributed by atoms with Crippen molar-refractivity contribution in [1.82, 2.24) is 21.5 Å². The van der Waals surface area contributed by atoms with E-state index < -0.39 is 29.9 Å². The van der Waals surface area contributed by atoms with Crippen molar-refractivity contribution in [3.63, 3.8) is 0 Å². The van der Waals surface area contributed by atoms with Crippen LogP contribution in [0.25, 0.3) is 0 Å². The Bertz CT molecular complexity index is 253. The fourth-order valence-electron chi connectivity index (χ4n) is 1.10. The molecule has 0 spiro atoms. The number of rotatable bonds is 2. The third kappa shape index (κ3) is 1.72. The van der Waals surface area contributed by atoms with E-state index in [0.717, 1.165) is 0 Å². The van der Waals surface area contributed by atoms with Gasteiger partial charge in [0.2, 0.25) is 0 Å². The molecule has 1 aliphatic heterocycles. The van der Waals surface area contributed by atoms with Gasteiger partial charge in [-0.15, -0.1) is 0 Å². The summed E-state index contributed by atoms with van der Waals surface area (Å²) in [4.78, 5) is 33.0. The smallest absolute Gasteiger partial charge is 0.316 e. The standard InChI is InChI=1S/C5H10N6O3/c6-10-3(12)1-2(4(13)11-7)9-5(14)8-1/h1-2H,6-7H2,(H,10,12)(H,11,13)(H2,8,9,14). The molecule has 2 unspecified atom stereocenters. The van der Waals surface area contributed by atoms with Crippen molar-refractivity contribution < 1.29 is 14.4 Å². The van der Waals surface area contributed by atoms with Gasteiger partial charge in [-0.05, 0) is 0 Å². The van der Waals surface area contributed by atoms with Crippen LogP contribution in [-0.4, -0.2) is 29.9 Å². The number of nitrogens with two attached hydrogens (primary N) is 2. The molecule has 2 atom stereocenters. The van der Waals surface area contributed by atoms with Gasteiger partial charge < -0.3 is 10.6 Å². The van der Waals surface area contributed by atoms with Crippen molar-refractivity contribution in [2.24, 2.45) is 11.7 Å². The summed E-state index contributed by atoms with van der Waals surface area (Å²) in [5, 5.41) is 4.42. The number of hydrazine groups is 2. The monoisotopic (exact) mass is 202 g/mol. The summed E-state index contributed by atoms with van der Waals surface area (Å²) in [6.07, 6.45) is 0. The third-order valence-corrected chi connectivity index (χ3v) is 1.76. The molecule has 8 N–H and O–H groups in total. The molecule has 0 bridgehead atoms. The van der Waals surface area contributed by atoms with Crippen molar-refractivity contribution in [3.05, 3.63) is 0 Å². The SMILES string of the molecule is NNC(=O)C1NC(=O)NC1C(=O)NN. The summed E-state index contributed by atoms with van der Waals surface area (Å²) in [7, 11) is 0. The highest BCUT2D eigenvalue weighted by Crippen LogP contribution is 2.01. The van der Waals surface area contributed by atoms with Gasteiger partial charge >= 0.3 is 6.03 Å². The number of hydrogen-bond acceptors (Lipinski definition) is 5. The molecule has 78 valence electrons. The van der Waals surface area contributed by atoms with Crippen LogP contribution in [0.2, 0.25) is 0 Å². The molecule has 9 nitrogen and oxygen atoms in total. The highest BCUT2D eigenvalue weighted by Gasteiger charge is 2.40. The van der Waals surface area contributed by atoms with Crippen molar-refractivity contribution in [2.45, 2.75) is 12.1 Å². The van der Waals surface area contributed by atoms with Crippen LogP contribution in [-0.2, 0) is 9.59 Å². The molecule has 4 amide bonds. The van der Waals surface area contributed by atoms with Crippen molar-refractivity contribution >= 4 is 17.8 Å². The predicted octanol–water partition coefficient (Wildman–Crippen LogP) is -3.98. The maximum atomic E-state index is 11.1. The van der Waals surface area contributed by atoms with E-state index in [4.69, 9.17) is 11.7 Å². The molecule has 1 aliphatic rings. The van der Waals surface area contributed by atoms with Crippen LogP contribution in [0.5, 0.6) is 0 Å². The van der Waals surface area contributed by atoms with Crippen LogP contribution in [0.15, 0.2) is 0 Å². The van der Waals surface area contributed by atoms with Crippen molar-refractivity contribution in [2.75, 3.05) is 0 Å². The molecule has 1 saturated heterocycles. The maximum Gasteiger partial charge on any atom is 0.316 e. The quantitative estimate of drug-likeness (QED) is 0.153. The van der Waals surface area contributed by atoms with E-state index >= 15 is 0 Å². The summed E-state index contributed by atoms with van der Waals surface area (Å²) < 4.78 is 0. The molecule has 1 heterocycles. The maximum absolute atomic E-state index is 11.1. The van der Waals surface area contributed by atoms with Crippen LogP contribution in [0, 0.1) is 0 Å². The van der Waals surface area contributed by atoms with Gasteiger partial charge in [0.05, 0.1) is 0 Å². The van der Waals surface area contributed by atoms with E-state index in [0.29, 0.717) is 0 Å². The average Bonchev–Trinajstić information content (AvgIpc) is 2.58. The Morgan fingerprint density at radius 1 is 1.07 bits per heavy atom. The summed E-state index contributed by atoms with van der Waals surface area (Å²) in [6, 6.07) is -2.75. The lowest BCUT2D eigenvalue weighted by Gasteiger charge is -2.14. The summed E-state index contributed by atoms with van der Waals surface area (Å²) in [6.45, 7) is 0. The zero-order chi connectivity index (χ0) is 10.7. The van der Waals surface area contributed by atoms with E-state index in [2.05, 4.69) is 10.6 Å². The number of amides is 4. The largest absolute Gasteiger partial charge is 0.324 e. The van der Waals surface area contributed by atoms with Crippen LogP contribution in [0.3, 0.4) is 0 Å². The van der Waals surface area contributed by atoms with Crippen LogP contribution in [0.1, 0.15) is 0 Å². The molecule has 0 aromatic heterocycles. The number of nitrogens with one attached hydrogen (secondary N) is 4. The molecule has 1 rings (SSSR count). The number of urea groups is 1. The highest BCUT2D eigenvalue weighted by atomic mass is 16.2. The molecular weight excluding hydrogens is 192 g/mol. The molecule has 0 saturated carbocycles. The Morgan fingerprint density at radius 2 is 1.43 bits per heavy atom. The van der Waals surface area contributed by atoms with Gasteiger partial charge in [0.15, 0.2) is 0 Å². The normalized spacial score (nSPS) is 24.9. The molecule has 0 aromatic carbocycles. The zero-order valence-electron chi connectivity index (χ0n) is 7.03. The van der Waals surface area contributed by atoms with Gasteiger partial charge in [0.1, 0.15) is 12.1 Å². The van der Waals surface area contributed by atoms with Gasteiger partial charge in [-0.25, -0.2) is 16.5 Å². The number of carbonyl (C=O) groups is 3. The summed E-state index contributed by atoms with van der Waals surface area (Å²) in [5.41, 5.74) is 3.64. The minimum absolute atomic E-state index is 0.632. The van der Waals surface area contributed by atoms with E-state index in [-0.39, 0.29) is 0 Å². The second kappa shape index (κ2) is 3.89. The lowest BCUT2D eigenvalue weighted by atomic mass is 10.1. The lowest BCUT2D eigenvalue weighted by molar-refractivity contribution is -0.129. The Kier molecular flexibility index (Phi) is 2.84. The number of carbonyl (C=O) groups excluding carboxylic acids is 3. The molecule has 14 heavy (non-hydrogen) atoms. The molecule has 9 heteroatoms. The summed E-state index contributed by atoms with van der Waals surface area (Å²) >= 11 is 0. The Hall–Kier alpha value is -1.87. The first-order valence-corrected chi connectivity index (χ1v) is 3.68. The van der Waals surface area contributed by atoms with E-state index in [9.17, 15) is 14.4 Å². The van der Waals surface area contributed by atoms with Crippen LogP contribution in [0.4, 0.5) is 4.79 Å². The topological polar surface area (TPSA) is 151 Å². The average molecular weight is 202 g/mol. The molecular formula is C5H10N6O3. The van der Waals surface area contributed by atoms with Gasteiger partial charge in [-0.2, -0.15) is 0 Å². The fourth-order valence-corrected chi connectivity index (χ4v) is 1.10. The van der Waals surface area contributed by atoms with Gasteiger partial charge in [0, 0.05) is 0 Å². The van der Waals surface area contributed by atoms with Crippen LogP contribution < -0.4 is 33.2 Å². The van der Waals surface area contributed by atoms with Crippen molar-refractivity contribution in [1.29, 1.82) is 0 Å². The van der Waals surface area contributed by atoms with Gasteiger partial charge in [-0.3, -0.25) is 20.4 Å². The highest BCUT2D eigenvalue weighted by molar-refractivity contribution is 5.99. The zero-order valence-corrected chi connectivity index (χ0v) is 7.03. The Balaban J connectivity index is 2.77. The minimum atomic E-state index is -1.06. The van der Waals surface area contributed by atoms with Gasteiger partial charge in [0.25, 0.3) is 11.8 Å². The predicted molar refractivity (Wildman–Crippen MR) is 43.9 cm³/mol. The Morgan fingerprint density at radius 3 is 1.71 bits per heavy atom. The van der Waals surface area contributed by atoms with E-state index in [1.54, 1.807) is 0 Å². The van der Waals surface area contributed by atoms with E-state index in [1.165, 1.54) is 0 Å². The lowest BCUT2D eigenvalue weighted by Crippen LogP contribution is -2.56. The second-order valence-corrected chi connectivity index (χ2v) is 2.59. The molecule has 1 fully saturated rings. The third-order valence-electron chi connectivity index (χ3n) is 1.76. The van der Waals surface area contributed by atoms with Gasteiger partial charge in [-0.1, -0.05) is 0 Å². The minimum Gasteiger partial charge on any atom is -0.324 e. The van der Waals surface area contributed by atoms with Crippen LogP contribution >= 0.6 is 0 Å². The van der Waals surface area contributed by atoms with E-state index in [1.807, 2.05) is 10.9 Å². The second-order valence-electron chi connectivity index (χ2n) is 2.59.